The van der Waals surface area contributed by atoms with Gasteiger partial charge < -0.3 is 10.6 Å². The number of aromatic nitrogens is 2. The number of amides is 1. The van der Waals surface area contributed by atoms with Crippen LogP contribution in [0.3, 0.4) is 0 Å². The van der Waals surface area contributed by atoms with Gasteiger partial charge in [-0.25, -0.2) is 0 Å². The summed E-state index contributed by atoms with van der Waals surface area (Å²) in [5.41, 5.74) is 0.656. The van der Waals surface area contributed by atoms with E-state index in [1.807, 2.05) is 0 Å². The molecule has 1 aromatic carbocycles. The van der Waals surface area contributed by atoms with Crippen molar-refractivity contribution in [1.29, 1.82) is 0 Å². The first-order valence-corrected chi connectivity index (χ1v) is 7.24. The van der Waals surface area contributed by atoms with Crippen LogP contribution in [-0.4, -0.2) is 22.1 Å². The zero-order valence-corrected chi connectivity index (χ0v) is 12.4. The zero-order chi connectivity index (χ0) is 14.8. The Kier molecular flexibility index (Phi) is 3.94. The number of carbonyl (C=O) groups excluding carboxylic acids is 1. The molecule has 1 saturated carbocycles. The summed E-state index contributed by atoms with van der Waals surface area (Å²) in [7, 11) is 0. The van der Waals surface area contributed by atoms with E-state index in [1.54, 1.807) is 30.3 Å². The average Bonchev–Trinajstić information content (AvgIpc) is 3.27. The lowest BCUT2D eigenvalue weighted by Gasteiger charge is -2.07. The van der Waals surface area contributed by atoms with Gasteiger partial charge in [0.05, 0.1) is 10.7 Å². The molecule has 21 heavy (non-hydrogen) atoms. The standard InChI is InChI=1S/C14H12Cl2N4O/c15-8-1-4-10(16)12(7-8)18-14(21)11-5-6-13(20-19-11)17-9-2-3-9/h1,4-7,9H,2-3H2,(H,17,20)(H,18,21). The van der Waals surface area contributed by atoms with Crippen LogP contribution < -0.4 is 10.6 Å². The maximum atomic E-state index is 12.1. The van der Waals surface area contributed by atoms with Gasteiger partial charge in [0.1, 0.15) is 5.82 Å². The highest BCUT2D eigenvalue weighted by Gasteiger charge is 2.21. The molecule has 0 bridgehead atoms. The van der Waals surface area contributed by atoms with E-state index in [2.05, 4.69) is 20.8 Å². The summed E-state index contributed by atoms with van der Waals surface area (Å²) in [6.45, 7) is 0. The summed E-state index contributed by atoms with van der Waals surface area (Å²) >= 11 is 11.9. The third kappa shape index (κ3) is 3.62. The highest BCUT2D eigenvalue weighted by atomic mass is 35.5. The largest absolute Gasteiger partial charge is 0.366 e. The molecule has 1 heterocycles. The van der Waals surface area contributed by atoms with Gasteiger partial charge in [0.15, 0.2) is 5.69 Å². The van der Waals surface area contributed by atoms with Crippen molar-refractivity contribution in [1.82, 2.24) is 10.2 Å². The van der Waals surface area contributed by atoms with E-state index in [1.165, 1.54) is 0 Å². The van der Waals surface area contributed by atoms with Crippen LogP contribution in [0.15, 0.2) is 30.3 Å². The fourth-order valence-corrected chi connectivity index (χ4v) is 2.08. The normalized spacial score (nSPS) is 13.8. The minimum absolute atomic E-state index is 0.215. The molecule has 0 radical (unpaired) electrons. The van der Waals surface area contributed by atoms with Gasteiger partial charge in [0, 0.05) is 11.1 Å². The number of anilines is 2. The first-order valence-electron chi connectivity index (χ1n) is 6.48. The van der Waals surface area contributed by atoms with E-state index >= 15 is 0 Å². The molecule has 0 aliphatic heterocycles. The second-order valence-corrected chi connectivity index (χ2v) is 5.64. The second-order valence-electron chi connectivity index (χ2n) is 4.80. The Labute approximate surface area is 131 Å². The molecule has 108 valence electrons. The quantitative estimate of drug-likeness (QED) is 0.902. The van der Waals surface area contributed by atoms with Crippen molar-refractivity contribution in [3.8, 4) is 0 Å². The molecule has 2 N–H and O–H groups in total. The van der Waals surface area contributed by atoms with E-state index in [4.69, 9.17) is 23.2 Å². The number of nitrogens with zero attached hydrogens (tertiary/aromatic N) is 2. The van der Waals surface area contributed by atoms with Crippen LogP contribution >= 0.6 is 23.2 Å². The molecule has 5 nitrogen and oxygen atoms in total. The van der Waals surface area contributed by atoms with Crippen LogP contribution in [0.25, 0.3) is 0 Å². The summed E-state index contributed by atoms with van der Waals surface area (Å²) in [4.78, 5) is 12.1. The van der Waals surface area contributed by atoms with E-state index in [0.29, 0.717) is 27.6 Å². The molecule has 1 amide bonds. The van der Waals surface area contributed by atoms with Crippen molar-refractivity contribution in [2.75, 3.05) is 10.6 Å². The fourth-order valence-electron chi connectivity index (χ4n) is 1.75. The Morgan fingerprint density at radius 2 is 1.95 bits per heavy atom. The molecule has 2 aromatic rings. The van der Waals surface area contributed by atoms with Crippen molar-refractivity contribution >= 4 is 40.6 Å². The Morgan fingerprint density at radius 3 is 2.62 bits per heavy atom. The molecule has 1 aliphatic carbocycles. The molecule has 0 unspecified atom stereocenters. The third-order valence-electron chi connectivity index (χ3n) is 3.00. The van der Waals surface area contributed by atoms with Crippen LogP contribution in [-0.2, 0) is 0 Å². The van der Waals surface area contributed by atoms with Crippen LogP contribution in [0.2, 0.25) is 10.0 Å². The van der Waals surface area contributed by atoms with Crippen LogP contribution in [0, 0.1) is 0 Å². The van der Waals surface area contributed by atoms with Crippen molar-refractivity contribution in [3.05, 3.63) is 46.1 Å². The van der Waals surface area contributed by atoms with Crippen LogP contribution in [0.1, 0.15) is 23.3 Å². The van der Waals surface area contributed by atoms with E-state index in [-0.39, 0.29) is 11.6 Å². The smallest absolute Gasteiger partial charge is 0.276 e. The lowest BCUT2D eigenvalue weighted by molar-refractivity contribution is 0.102. The van der Waals surface area contributed by atoms with Gasteiger partial charge in [-0.3, -0.25) is 4.79 Å². The minimum atomic E-state index is -0.385. The Morgan fingerprint density at radius 1 is 1.14 bits per heavy atom. The molecule has 0 atom stereocenters. The molecule has 1 fully saturated rings. The molecular weight excluding hydrogens is 311 g/mol. The van der Waals surface area contributed by atoms with E-state index in [0.717, 1.165) is 12.8 Å². The van der Waals surface area contributed by atoms with Gasteiger partial charge >= 0.3 is 0 Å². The summed E-state index contributed by atoms with van der Waals surface area (Å²) in [5.74, 6) is 0.291. The van der Waals surface area contributed by atoms with Gasteiger partial charge in [0.2, 0.25) is 0 Å². The Hall–Kier alpha value is -1.85. The monoisotopic (exact) mass is 322 g/mol. The predicted octanol–water partition coefficient (Wildman–Crippen LogP) is 3.61. The number of benzene rings is 1. The lowest BCUT2D eigenvalue weighted by Crippen LogP contribution is -2.15. The van der Waals surface area contributed by atoms with Gasteiger partial charge in [-0.2, -0.15) is 0 Å². The minimum Gasteiger partial charge on any atom is -0.366 e. The highest BCUT2D eigenvalue weighted by molar-refractivity contribution is 6.35. The topological polar surface area (TPSA) is 66.9 Å². The molecule has 1 aliphatic rings. The molecule has 0 spiro atoms. The van der Waals surface area contributed by atoms with Crippen molar-refractivity contribution < 1.29 is 4.79 Å². The Balaban J connectivity index is 1.70. The fraction of sp³-hybridized carbons (Fsp3) is 0.214. The van der Waals surface area contributed by atoms with Crippen molar-refractivity contribution in [2.24, 2.45) is 0 Å². The van der Waals surface area contributed by atoms with Gasteiger partial charge in [0.25, 0.3) is 5.91 Å². The number of nitrogens with one attached hydrogen (secondary N) is 2. The highest BCUT2D eigenvalue weighted by Crippen LogP contribution is 2.26. The summed E-state index contributed by atoms with van der Waals surface area (Å²) in [5, 5.41) is 14.7. The first-order chi connectivity index (χ1) is 10.1. The predicted molar refractivity (Wildman–Crippen MR) is 83.1 cm³/mol. The number of hydrogen-bond donors (Lipinski definition) is 2. The summed E-state index contributed by atoms with van der Waals surface area (Å²) in [6, 6.07) is 8.69. The van der Waals surface area contributed by atoms with Gasteiger partial charge in [-0.05, 0) is 43.2 Å². The molecular formula is C14H12Cl2N4O. The lowest BCUT2D eigenvalue weighted by atomic mass is 10.3. The van der Waals surface area contributed by atoms with Crippen LogP contribution in [0.4, 0.5) is 11.5 Å². The number of rotatable bonds is 4. The van der Waals surface area contributed by atoms with Gasteiger partial charge in [-0.15, -0.1) is 10.2 Å². The first kappa shape index (κ1) is 14.1. The SMILES string of the molecule is O=C(Nc1cc(Cl)ccc1Cl)c1ccc(NC2CC2)nn1. The maximum Gasteiger partial charge on any atom is 0.276 e. The molecule has 7 heteroatoms. The second kappa shape index (κ2) is 5.87. The number of carbonyl (C=O) groups is 1. The van der Waals surface area contributed by atoms with Gasteiger partial charge in [-0.1, -0.05) is 23.2 Å². The zero-order valence-electron chi connectivity index (χ0n) is 10.9. The van der Waals surface area contributed by atoms with E-state index < -0.39 is 0 Å². The van der Waals surface area contributed by atoms with Crippen molar-refractivity contribution in [3.63, 3.8) is 0 Å². The summed E-state index contributed by atoms with van der Waals surface area (Å²) < 4.78 is 0. The average molecular weight is 323 g/mol. The maximum absolute atomic E-state index is 12.1. The molecule has 3 rings (SSSR count). The molecule has 1 aromatic heterocycles. The summed E-state index contributed by atoms with van der Waals surface area (Å²) in [6.07, 6.45) is 2.30. The number of halogens is 2. The van der Waals surface area contributed by atoms with E-state index in [9.17, 15) is 4.79 Å². The third-order valence-corrected chi connectivity index (χ3v) is 3.57. The van der Waals surface area contributed by atoms with Crippen molar-refractivity contribution in [2.45, 2.75) is 18.9 Å². The number of hydrogen-bond acceptors (Lipinski definition) is 4. The molecule has 0 saturated heterocycles. The Bertz CT molecular complexity index is 671. The van der Waals surface area contributed by atoms with Crippen LogP contribution in [0.5, 0.6) is 0 Å².